The Labute approximate surface area is 322 Å². The van der Waals surface area contributed by atoms with E-state index in [1.807, 2.05) is 60.4 Å². The first-order valence-corrected chi connectivity index (χ1v) is 18.4. The minimum atomic E-state index is -0.521. The number of halogens is 2. The van der Waals surface area contributed by atoms with Gasteiger partial charge in [-0.1, -0.05) is 55.8 Å². The maximum Gasteiger partial charge on any atom is 0.253 e. The number of methoxy groups -OCH3 is 1. The highest BCUT2D eigenvalue weighted by Gasteiger charge is 2.28. The smallest absolute Gasteiger partial charge is 0.253 e. The molecule has 0 aromatic heterocycles. The van der Waals surface area contributed by atoms with Gasteiger partial charge in [0.2, 0.25) is 5.91 Å². The largest absolute Gasteiger partial charge is 0.497 e. The molecule has 2 heterocycles. The van der Waals surface area contributed by atoms with Gasteiger partial charge in [-0.2, -0.15) is 0 Å². The molecular weight excluding hydrogens is 707 g/mol. The van der Waals surface area contributed by atoms with Gasteiger partial charge < -0.3 is 25.2 Å². The Balaban J connectivity index is 0.000000236. The standard InChI is InChI=1S/C22H26N2O3.C20H20ClFN2O2.CH4/c1-3-16-4-6-18(7-5-16)22(26)24-14-12-19(13-15-24)23-21(25)17-8-10-20(27-2)11-9-17;1-13-2-4-15(5-3-13)20(26)24-10-8-14(9-11-24)19(25)23-16-6-7-18(22)17(21)12-16;/h4-11,19H,3,12-15H2,1-2H3,(H,23,25);2-7,12,14H,8-11H2,1H3,(H,23,25);1H4. The number of hydrogen-bond donors (Lipinski definition) is 2. The molecule has 6 rings (SSSR count). The van der Waals surface area contributed by atoms with Crippen LogP contribution in [0.3, 0.4) is 0 Å². The molecule has 2 aliphatic rings. The molecule has 286 valence electrons. The van der Waals surface area contributed by atoms with Gasteiger partial charge in [0.1, 0.15) is 11.6 Å². The summed E-state index contributed by atoms with van der Waals surface area (Å²) in [4.78, 5) is 53.6. The van der Waals surface area contributed by atoms with Crippen molar-refractivity contribution in [2.24, 2.45) is 5.92 Å². The number of ether oxygens (including phenoxy) is 1. The topological polar surface area (TPSA) is 108 Å². The number of aryl methyl sites for hydroxylation is 2. The molecular formula is C43H50ClFN4O5. The van der Waals surface area contributed by atoms with Crippen molar-refractivity contribution < 1.29 is 28.3 Å². The van der Waals surface area contributed by atoms with Gasteiger partial charge >= 0.3 is 0 Å². The summed E-state index contributed by atoms with van der Waals surface area (Å²) in [5.41, 5.74) is 4.82. The van der Waals surface area contributed by atoms with Crippen LogP contribution in [0, 0.1) is 18.7 Å². The molecule has 0 bridgehead atoms. The second-order valence-electron chi connectivity index (χ2n) is 13.4. The zero-order valence-electron chi connectivity index (χ0n) is 30.4. The van der Waals surface area contributed by atoms with Crippen LogP contribution in [0.5, 0.6) is 5.75 Å². The Bertz CT molecular complexity index is 1870. The zero-order chi connectivity index (χ0) is 37.9. The van der Waals surface area contributed by atoms with Crippen LogP contribution >= 0.6 is 11.6 Å². The summed E-state index contributed by atoms with van der Waals surface area (Å²) in [7, 11) is 1.60. The van der Waals surface area contributed by atoms with Crippen LogP contribution in [0.4, 0.5) is 10.1 Å². The Morgan fingerprint density at radius 3 is 1.80 bits per heavy atom. The van der Waals surface area contributed by atoms with Gasteiger partial charge in [0, 0.05) is 60.5 Å². The van der Waals surface area contributed by atoms with Crippen LogP contribution in [0.2, 0.25) is 5.02 Å². The summed E-state index contributed by atoms with van der Waals surface area (Å²) >= 11 is 5.73. The van der Waals surface area contributed by atoms with E-state index in [2.05, 4.69) is 17.6 Å². The van der Waals surface area contributed by atoms with Gasteiger partial charge in [0.25, 0.3) is 17.7 Å². The molecule has 2 aliphatic heterocycles. The highest BCUT2D eigenvalue weighted by Crippen LogP contribution is 2.24. The Morgan fingerprint density at radius 1 is 0.759 bits per heavy atom. The summed E-state index contributed by atoms with van der Waals surface area (Å²) in [6.45, 7) is 6.46. The van der Waals surface area contributed by atoms with Crippen LogP contribution in [0.1, 0.15) is 82.2 Å². The number of carbonyl (C=O) groups is 4. The van der Waals surface area contributed by atoms with Crippen LogP contribution < -0.4 is 15.4 Å². The number of nitrogens with zero attached hydrogens (tertiary/aromatic N) is 2. The van der Waals surface area contributed by atoms with Gasteiger partial charge in [-0.05, 0) is 111 Å². The predicted octanol–water partition coefficient (Wildman–Crippen LogP) is 8.21. The molecule has 4 aromatic rings. The van der Waals surface area contributed by atoms with Crippen molar-refractivity contribution in [3.63, 3.8) is 0 Å². The summed E-state index contributed by atoms with van der Waals surface area (Å²) < 4.78 is 18.3. The van der Waals surface area contributed by atoms with Crippen LogP contribution in [0.15, 0.2) is 91.0 Å². The second kappa shape index (κ2) is 19.7. The number of anilines is 1. The van der Waals surface area contributed by atoms with Crippen molar-refractivity contribution in [1.29, 1.82) is 0 Å². The van der Waals surface area contributed by atoms with E-state index in [-0.39, 0.29) is 48.0 Å². The predicted molar refractivity (Wildman–Crippen MR) is 212 cm³/mol. The fourth-order valence-electron chi connectivity index (χ4n) is 6.35. The third-order valence-corrected chi connectivity index (χ3v) is 10.0. The molecule has 0 unspecified atom stereocenters. The summed E-state index contributed by atoms with van der Waals surface area (Å²) in [6.07, 6.45) is 3.69. The van der Waals surface area contributed by atoms with Crippen molar-refractivity contribution >= 4 is 40.9 Å². The van der Waals surface area contributed by atoms with E-state index in [4.69, 9.17) is 16.3 Å². The molecule has 9 nitrogen and oxygen atoms in total. The number of benzene rings is 4. The van der Waals surface area contributed by atoms with Gasteiger partial charge in [0.15, 0.2) is 0 Å². The van der Waals surface area contributed by atoms with Crippen molar-refractivity contribution in [2.45, 2.75) is 59.4 Å². The van der Waals surface area contributed by atoms with Crippen molar-refractivity contribution in [3.8, 4) is 5.75 Å². The van der Waals surface area contributed by atoms with Crippen molar-refractivity contribution in [1.82, 2.24) is 15.1 Å². The molecule has 0 radical (unpaired) electrons. The first-order valence-electron chi connectivity index (χ1n) is 18.0. The third-order valence-electron chi connectivity index (χ3n) is 9.72. The fraction of sp³-hybridized carbons (Fsp3) is 0.349. The minimum Gasteiger partial charge on any atom is -0.497 e. The number of amides is 4. The lowest BCUT2D eigenvalue weighted by molar-refractivity contribution is -0.121. The molecule has 4 aromatic carbocycles. The fourth-order valence-corrected chi connectivity index (χ4v) is 6.53. The van der Waals surface area contributed by atoms with Gasteiger partial charge in [-0.3, -0.25) is 19.2 Å². The number of likely N-dealkylation sites (tertiary alicyclic amines) is 2. The summed E-state index contributed by atoms with van der Waals surface area (Å²) in [5, 5.41) is 5.81. The SMILES string of the molecule is C.CCc1ccc(C(=O)N2CCC(NC(=O)c3ccc(OC)cc3)CC2)cc1.Cc1ccc(C(=O)N2CCC(C(=O)Nc3ccc(F)c(Cl)c3)CC2)cc1. The van der Waals surface area contributed by atoms with Gasteiger partial charge in [0.05, 0.1) is 12.1 Å². The number of carbonyl (C=O) groups excluding carboxylic acids is 4. The molecule has 2 N–H and O–H groups in total. The lowest BCUT2D eigenvalue weighted by Gasteiger charge is -2.32. The van der Waals surface area contributed by atoms with Crippen LogP contribution in [-0.4, -0.2) is 72.8 Å². The number of rotatable bonds is 8. The maximum absolute atomic E-state index is 13.2. The van der Waals surface area contributed by atoms with E-state index in [0.717, 1.165) is 36.1 Å². The van der Waals surface area contributed by atoms with E-state index in [9.17, 15) is 23.6 Å². The van der Waals surface area contributed by atoms with Crippen molar-refractivity contribution in [2.75, 3.05) is 38.6 Å². The van der Waals surface area contributed by atoms with Crippen LogP contribution in [-0.2, 0) is 11.2 Å². The van der Waals surface area contributed by atoms with Gasteiger partial charge in [-0.15, -0.1) is 0 Å². The van der Waals surface area contributed by atoms with E-state index in [1.54, 1.807) is 36.3 Å². The Morgan fingerprint density at radius 2 is 1.28 bits per heavy atom. The van der Waals surface area contributed by atoms with Crippen molar-refractivity contribution in [3.05, 3.63) is 130 Å². The molecule has 0 spiro atoms. The van der Waals surface area contributed by atoms with E-state index < -0.39 is 5.82 Å². The molecule has 0 saturated carbocycles. The Kier molecular flexibility index (Phi) is 15.2. The molecule has 0 aliphatic carbocycles. The number of piperidine rings is 2. The van der Waals surface area contributed by atoms with E-state index in [0.29, 0.717) is 55.8 Å². The lowest BCUT2D eigenvalue weighted by Crippen LogP contribution is -2.46. The highest BCUT2D eigenvalue weighted by molar-refractivity contribution is 6.31. The monoisotopic (exact) mass is 756 g/mol. The summed E-state index contributed by atoms with van der Waals surface area (Å²) in [6, 6.07) is 26.6. The lowest BCUT2D eigenvalue weighted by atomic mass is 9.95. The molecule has 2 fully saturated rings. The maximum atomic E-state index is 13.2. The normalized spacial score (nSPS) is 14.5. The Hall–Kier alpha value is -5.22. The first-order chi connectivity index (χ1) is 25.5. The zero-order valence-corrected chi connectivity index (χ0v) is 31.1. The molecule has 11 heteroatoms. The molecule has 4 amide bonds. The quantitative estimate of drug-likeness (QED) is 0.189. The molecule has 0 atom stereocenters. The number of hydrogen-bond acceptors (Lipinski definition) is 5. The molecule has 2 saturated heterocycles. The first kappa shape index (κ1) is 41.5. The van der Waals surface area contributed by atoms with E-state index >= 15 is 0 Å². The number of nitrogens with one attached hydrogen (secondary N) is 2. The average molecular weight is 757 g/mol. The van der Waals surface area contributed by atoms with Crippen LogP contribution in [0.25, 0.3) is 0 Å². The highest BCUT2D eigenvalue weighted by atomic mass is 35.5. The molecule has 54 heavy (non-hydrogen) atoms. The third kappa shape index (κ3) is 11.1. The second-order valence-corrected chi connectivity index (χ2v) is 13.8. The minimum absolute atomic E-state index is 0. The van der Waals surface area contributed by atoms with E-state index in [1.165, 1.54) is 23.8 Å². The summed E-state index contributed by atoms with van der Waals surface area (Å²) in [5.74, 6) is -0.127. The van der Waals surface area contributed by atoms with Gasteiger partial charge in [-0.25, -0.2) is 4.39 Å². The average Bonchev–Trinajstić information content (AvgIpc) is 3.19.